The average Bonchev–Trinajstić information content (AvgIpc) is 3.44. The molecule has 0 aliphatic heterocycles. The second-order valence-corrected chi connectivity index (χ2v) is 9.44. The van der Waals surface area contributed by atoms with E-state index in [1.807, 2.05) is 47.2 Å². The van der Waals surface area contributed by atoms with Crippen molar-refractivity contribution in [1.82, 2.24) is 9.55 Å². The van der Waals surface area contributed by atoms with E-state index < -0.39 is 9.85 Å². The highest BCUT2D eigenvalue weighted by Gasteiger charge is 2.19. The Hall–Kier alpha value is -4.64. The number of nitro benzene ring substituents is 2. The van der Waals surface area contributed by atoms with Gasteiger partial charge in [-0.15, -0.1) is 11.3 Å². The summed E-state index contributed by atoms with van der Waals surface area (Å²) in [6.45, 7) is 2.47. The fraction of sp³-hybridized carbons (Fsp3) is 0.154. The van der Waals surface area contributed by atoms with Crippen molar-refractivity contribution in [2.45, 2.75) is 19.9 Å². The van der Waals surface area contributed by atoms with Crippen LogP contribution in [0.3, 0.4) is 0 Å². The zero-order chi connectivity index (χ0) is 26.1. The van der Waals surface area contributed by atoms with Gasteiger partial charge in [-0.05, 0) is 41.8 Å². The van der Waals surface area contributed by atoms with Gasteiger partial charge in [-0.25, -0.2) is 4.98 Å². The standard InChI is InChI=1S/C26H20N4O6S/c1-2-36-26(31)12-18-14-28(15-25-27-22-5-3-4-6-24(22)37-25)23-11-16(7-8-21(18)23)17-9-19(29(32)33)13-20(10-17)30(34)35/h3-11,13-14H,2,12,15H2,1H3. The van der Waals surface area contributed by atoms with Crippen molar-refractivity contribution < 1.29 is 19.4 Å². The summed E-state index contributed by atoms with van der Waals surface area (Å²) >= 11 is 1.57. The van der Waals surface area contributed by atoms with Crippen LogP contribution in [0.1, 0.15) is 17.5 Å². The van der Waals surface area contributed by atoms with E-state index in [1.165, 1.54) is 12.1 Å². The van der Waals surface area contributed by atoms with E-state index in [2.05, 4.69) is 0 Å². The maximum Gasteiger partial charge on any atom is 0.310 e. The Morgan fingerprint density at radius 1 is 1.00 bits per heavy atom. The van der Waals surface area contributed by atoms with Crippen LogP contribution in [0, 0.1) is 20.2 Å². The SMILES string of the molecule is CCOC(=O)Cc1cn(Cc2nc3ccccc3s2)c2cc(-c3cc([N+](=O)[O-])cc([N+](=O)[O-])c3)ccc12. The van der Waals surface area contributed by atoms with Crippen LogP contribution in [0.25, 0.3) is 32.2 Å². The zero-order valence-electron chi connectivity index (χ0n) is 19.6. The molecule has 0 aliphatic carbocycles. The second kappa shape index (κ2) is 9.78. The van der Waals surface area contributed by atoms with Crippen LogP contribution in [0.15, 0.2) is 66.9 Å². The number of fused-ring (bicyclic) bond motifs is 2. The molecule has 0 N–H and O–H groups in total. The number of rotatable bonds is 8. The van der Waals surface area contributed by atoms with Gasteiger partial charge in [-0.1, -0.05) is 24.3 Å². The van der Waals surface area contributed by atoms with Gasteiger partial charge in [0, 0.05) is 29.2 Å². The number of thiazole rings is 1. The van der Waals surface area contributed by atoms with E-state index in [-0.39, 0.29) is 30.4 Å². The van der Waals surface area contributed by atoms with Crippen molar-refractivity contribution in [3.8, 4) is 11.1 Å². The number of nitrogens with zero attached hydrogens (tertiary/aromatic N) is 4. The molecule has 0 spiro atoms. The molecule has 11 heteroatoms. The first-order valence-electron chi connectivity index (χ1n) is 11.4. The minimum Gasteiger partial charge on any atom is -0.466 e. The molecule has 186 valence electrons. The predicted molar refractivity (Wildman–Crippen MR) is 140 cm³/mol. The number of aromatic nitrogens is 2. The molecule has 0 unspecified atom stereocenters. The Labute approximate surface area is 214 Å². The van der Waals surface area contributed by atoms with Crippen LogP contribution < -0.4 is 0 Å². The fourth-order valence-electron chi connectivity index (χ4n) is 4.29. The van der Waals surface area contributed by atoms with Crippen LogP contribution in [0.4, 0.5) is 11.4 Å². The Balaban J connectivity index is 1.63. The van der Waals surface area contributed by atoms with Crippen molar-refractivity contribution in [3.63, 3.8) is 0 Å². The number of hydrogen-bond donors (Lipinski definition) is 0. The summed E-state index contributed by atoms with van der Waals surface area (Å²) < 4.78 is 8.17. The molecule has 0 saturated carbocycles. The average molecular weight is 517 g/mol. The number of hydrogen-bond acceptors (Lipinski definition) is 8. The molecule has 0 fully saturated rings. The molecule has 5 rings (SSSR count). The lowest BCUT2D eigenvalue weighted by atomic mass is 10.0. The number of non-ortho nitro benzene ring substituents is 2. The Bertz CT molecular complexity index is 1620. The van der Waals surface area contributed by atoms with E-state index in [4.69, 9.17) is 9.72 Å². The van der Waals surface area contributed by atoms with Crippen molar-refractivity contribution in [2.24, 2.45) is 0 Å². The molecule has 2 aromatic heterocycles. The first kappa shape index (κ1) is 24.1. The molecule has 0 aliphatic rings. The van der Waals surface area contributed by atoms with Gasteiger partial charge in [0.2, 0.25) is 0 Å². The lowest BCUT2D eigenvalue weighted by molar-refractivity contribution is -0.394. The van der Waals surface area contributed by atoms with E-state index in [1.54, 1.807) is 24.3 Å². The monoisotopic (exact) mass is 516 g/mol. The summed E-state index contributed by atoms with van der Waals surface area (Å²) in [5.74, 6) is -0.347. The fourth-order valence-corrected chi connectivity index (χ4v) is 5.26. The molecule has 10 nitrogen and oxygen atoms in total. The van der Waals surface area contributed by atoms with Gasteiger partial charge in [-0.2, -0.15) is 0 Å². The maximum atomic E-state index is 12.3. The van der Waals surface area contributed by atoms with Gasteiger partial charge < -0.3 is 9.30 Å². The van der Waals surface area contributed by atoms with Gasteiger partial charge >= 0.3 is 5.97 Å². The molecule has 3 aromatic carbocycles. The van der Waals surface area contributed by atoms with Gasteiger partial charge in [0.25, 0.3) is 11.4 Å². The van der Waals surface area contributed by atoms with Crippen molar-refractivity contribution in [1.29, 1.82) is 0 Å². The summed E-state index contributed by atoms with van der Waals surface area (Å²) in [5.41, 5.74) is 2.63. The third-order valence-corrected chi connectivity index (χ3v) is 6.93. The molecular weight excluding hydrogens is 496 g/mol. The molecule has 0 saturated heterocycles. The second-order valence-electron chi connectivity index (χ2n) is 8.32. The van der Waals surface area contributed by atoms with E-state index in [0.717, 1.165) is 37.8 Å². The summed E-state index contributed by atoms with van der Waals surface area (Å²) in [6, 6.07) is 16.8. The number of carbonyl (C=O) groups is 1. The summed E-state index contributed by atoms with van der Waals surface area (Å²) in [6.07, 6.45) is 1.96. The molecule has 2 heterocycles. The Morgan fingerprint density at radius 2 is 1.73 bits per heavy atom. The van der Waals surface area contributed by atoms with Gasteiger partial charge in [0.15, 0.2) is 0 Å². The predicted octanol–water partition coefficient (Wildman–Crippen LogP) is 5.89. The Morgan fingerprint density at radius 3 is 2.41 bits per heavy atom. The molecule has 0 bridgehead atoms. The van der Waals surface area contributed by atoms with Gasteiger partial charge in [0.1, 0.15) is 5.01 Å². The number of para-hydroxylation sites is 1. The summed E-state index contributed by atoms with van der Waals surface area (Å²) in [7, 11) is 0. The largest absolute Gasteiger partial charge is 0.466 e. The number of ether oxygens (including phenoxy) is 1. The van der Waals surface area contributed by atoms with Gasteiger partial charge in [0.05, 0.1) is 45.7 Å². The smallest absolute Gasteiger partial charge is 0.310 e. The minimum absolute atomic E-state index is 0.0822. The van der Waals surface area contributed by atoms with Crippen molar-refractivity contribution in [2.75, 3.05) is 6.61 Å². The quantitative estimate of drug-likeness (QED) is 0.143. The van der Waals surface area contributed by atoms with E-state index in [0.29, 0.717) is 17.7 Å². The number of benzene rings is 3. The highest BCUT2D eigenvalue weighted by molar-refractivity contribution is 7.18. The molecule has 37 heavy (non-hydrogen) atoms. The van der Waals surface area contributed by atoms with E-state index >= 15 is 0 Å². The van der Waals surface area contributed by atoms with Crippen LogP contribution in [-0.4, -0.2) is 32.0 Å². The normalized spacial score (nSPS) is 11.2. The number of nitro groups is 2. The van der Waals surface area contributed by atoms with Crippen LogP contribution in [0.2, 0.25) is 0 Å². The molecule has 0 radical (unpaired) electrons. The molecular formula is C26H20N4O6S. The first-order chi connectivity index (χ1) is 17.8. The van der Waals surface area contributed by atoms with Crippen LogP contribution in [-0.2, 0) is 22.5 Å². The Kier molecular flexibility index (Phi) is 6.36. The molecule has 0 amide bonds. The maximum absolute atomic E-state index is 12.3. The summed E-state index contributed by atoms with van der Waals surface area (Å²) in [5, 5.41) is 24.5. The third-order valence-electron chi connectivity index (χ3n) is 5.91. The number of carbonyl (C=O) groups excluding carboxylic acids is 1. The summed E-state index contributed by atoms with van der Waals surface area (Å²) in [4.78, 5) is 38.5. The third kappa shape index (κ3) is 4.89. The first-order valence-corrected chi connectivity index (χ1v) is 12.2. The van der Waals surface area contributed by atoms with E-state index in [9.17, 15) is 25.0 Å². The van der Waals surface area contributed by atoms with Crippen LogP contribution >= 0.6 is 11.3 Å². The number of esters is 1. The molecule has 0 atom stereocenters. The van der Waals surface area contributed by atoms with Gasteiger partial charge in [-0.3, -0.25) is 25.0 Å². The van der Waals surface area contributed by atoms with Crippen molar-refractivity contribution in [3.05, 3.63) is 97.7 Å². The topological polar surface area (TPSA) is 130 Å². The lowest BCUT2D eigenvalue weighted by Crippen LogP contribution is -2.07. The highest BCUT2D eigenvalue weighted by atomic mass is 32.1. The van der Waals surface area contributed by atoms with Crippen molar-refractivity contribution >= 4 is 49.8 Å². The lowest BCUT2D eigenvalue weighted by Gasteiger charge is -2.07. The zero-order valence-corrected chi connectivity index (χ0v) is 20.4. The molecule has 5 aromatic rings. The van der Waals surface area contributed by atoms with Crippen LogP contribution in [0.5, 0.6) is 0 Å². The minimum atomic E-state index is -0.650. The highest BCUT2D eigenvalue weighted by Crippen LogP contribution is 2.34.